The Balaban J connectivity index is 2.02. The van der Waals surface area contributed by atoms with Crippen LogP contribution in [-0.4, -0.2) is 36.2 Å². The monoisotopic (exact) mass is 265 g/mol. The highest BCUT2D eigenvalue weighted by atomic mass is 32.2. The van der Waals surface area contributed by atoms with Crippen LogP contribution in [0.2, 0.25) is 0 Å². The zero-order valence-corrected chi connectivity index (χ0v) is 11.1. The molecule has 0 aliphatic carbocycles. The molecule has 0 amide bonds. The average molecular weight is 265 g/mol. The molecular formula is C10H15N7S. The lowest BCUT2D eigenvalue weighted by Gasteiger charge is -2.07. The summed E-state index contributed by atoms with van der Waals surface area (Å²) in [4.78, 5) is 8.54. The molecule has 0 saturated carbocycles. The average Bonchev–Trinajstić information content (AvgIpc) is 2.77. The normalized spacial score (nSPS) is 12.6. The highest BCUT2D eigenvalue weighted by Gasteiger charge is 2.08. The second kappa shape index (κ2) is 5.87. The van der Waals surface area contributed by atoms with E-state index in [1.54, 1.807) is 24.1 Å². The SMILES string of the molecule is CCC(N)Cc1cnc(Sc2nnnn2C)nc1. The van der Waals surface area contributed by atoms with Crippen LogP contribution in [0.15, 0.2) is 22.7 Å². The molecule has 0 saturated heterocycles. The fraction of sp³-hybridized carbons (Fsp3) is 0.500. The van der Waals surface area contributed by atoms with Crippen LogP contribution in [-0.2, 0) is 13.5 Å². The molecule has 96 valence electrons. The largest absolute Gasteiger partial charge is 0.327 e. The molecule has 8 heteroatoms. The zero-order valence-electron chi connectivity index (χ0n) is 10.3. The van der Waals surface area contributed by atoms with Gasteiger partial charge in [-0.05, 0) is 40.6 Å². The summed E-state index contributed by atoms with van der Waals surface area (Å²) in [7, 11) is 1.77. The van der Waals surface area contributed by atoms with Crippen molar-refractivity contribution in [2.24, 2.45) is 12.8 Å². The van der Waals surface area contributed by atoms with Gasteiger partial charge in [-0.15, -0.1) is 5.10 Å². The molecule has 0 spiro atoms. The van der Waals surface area contributed by atoms with Gasteiger partial charge in [-0.25, -0.2) is 14.6 Å². The van der Waals surface area contributed by atoms with Crippen molar-refractivity contribution in [1.29, 1.82) is 0 Å². The van der Waals surface area contributed by atoms with Gasteiger partial charge in [0.15, 0.2) is 5.16 Å². The van der Waals surface area contributed by atoms with Crippen LogP contribution in [0, 0.1) is 0 Å². The van der Waals surface area contributed by atoms with E-state index in [0.29, 0.717) is 10.3 Å². The number of aromatic nitrogens is 6. The van der Waals surface area contributed by atoms with Crippen molar-refractivity contribution in [1.82, 2.24) is 30.2 Å². The first-order valence-electron chi connectivity index (χ1n) is 5.65. The lowest BCUT2D eigenvalue weighted by molar-refractivity contribution is 0.641. The second-order valence-electron chi connectivity index (χ2n) is 3.93. The molecule has 2 N–H and O–H groups in total. The third-order valence-electron chi connectivity index (χ3n) is 2.47. The number of aryl methyl sites for hydroxylation is 1. The third-order valence-corrected chi connectivity index (χ3v) is 3.39. The molecule has 2 aromatic rings. The van der Waals surface area contributed by atoms with Gasteiger partial charge in [0.1, 0.15) is 0 Å². The van der Waals surface area contributed by atoms with E-state index in [0.717, 1.165) is 18.4 Å². The highest BCUT2D eigenvalue weighted by molar-refractivity contribution is 7.99. The van der Waals surface area contributed by atoms with E-state index < -0.39 is 0 Å². The van der Waals surface area contributed by atoms with Crippen molar-refractivity contribution in [3.05, 3.63) is 18.0 Å². The first-order valence-corrected chi connectivity index (χ1v) is 6.47. The van der Waals surface area contributed by atoms with Gasteiger partial charge in [0.25, 0.3) is 0 Å². The van der Waals surface area contributed by atoms with Crippen LogP contribution in [0.25, 0.3) is 0 Å². The summed E-state index contributed by atoms with van der Waals surface area (Å²) in [6, 6.07) is 0.162. The maximum atomic E-state index is 5.88. The Hall–Kier alpha value is -1.54. The van der Waals surface area contributed by atoms with Gasteiger partial charge < -0.3 is 5.73 Å². The summed E-state index contributed by atoms with van der Waals surface area (Å²) in [5, 5.41) is 12.4. The Morgan fingerprint density at radius 2 is 2.11 bits per heavy atom. The summed E-state index contributed by atoms with van der Waals surface area (Å²) in [6.45, 7) is 2.07. The molecule has 0 aliphatic rings. The van der Waals surface area contributed by atoms with Crippen LogP contribution >= 0.6 is 11.8 Å². The number of nitrogens with two attached hydrogens (primary N) is 1. The van der Waals surface area contributed by atoms with Crippen LogP contribution in [0.4, 0.5) is 0 Å². The predicted octanol–water partition coefficient (Wildman–Crippen LogP) is 0.431. The summed E-state index contributed by atoms with van der Waals surface area (Å²) in [6.07, 6.45) is 5.34. The molecule has 2 aromatic heterocycles. The van der Waals surface area contributed by atoms with Crippen LogP contribution in [0.5, 0.6) is 0 Å². The Bertz CT molecular complexity index is 495. The third kappa shape index (κ3) is 3.23. The highest BCUT2D eigenvalue weighted by Crippen LogP contribution is 2.20. The molecule has 0 aromatic carbocycles. The fourth-order valence-electron chi connectivity index (χ4n) is 1.34. The predicted molar refractivity (Wildman–Crippen MR) is 66.9 cm³/mol. The Morgan fingerprint density at radius 1 is 1.39 bits per heavy atom. The lowest BCUT2D eigenvalue weighted by atomic mass is 10.1. The van der Waals surface area contributed by atoms with Gasteiger partial charge >= 0.3 is 0 Å². The van der Waals surface area contributed by atoms with Gasteiger partial charge in [-0.1, -0.05) is 6.92 Å². The van der Waals surface area contributed by atoms with Gasteiger partial charge in [0, 0.05) is 25.5 Å². The minimum atomic E-state index is 0.162. The van der Waals surface area contributed by atoms with E-state index in [1.807, 2.05) is 0 Å². The van der Waals surface area contributed by atoms with Gasteiger partial charge in [-0.3, -0.25) is 0 Å². The van der Waals surface area contributed by atoms with Crippen molar-refractivity contribution in [3.8, 4) is 0 Å². The van der Waals surface area contributed by atoms with Crippen molar-refractivity contribution < 1.29 is 0 Å². The van der Waals surface area contributed by atoms with E-state index in [-0.39, 0.29) is 6.04 Å². The van der Waals surface area contributed by atoms with Crippen LogP contribution in [0.1, 0.15) is 18.9 Å². The minimum Gasteiger partial charge on any atom is -0.327 e. The van der Waals surface area contributed by atoms with Crippen LogP contribution in [0.3, 0.4) is 0 Å². The first-order chi connectivity index (χ1) is 8.69. The Morgan fingerprint density at radius 3 is 2.67 bits per heavy atom. The summed E-state index contributed by atoms with van der Waals surface area (Å²) in [5.41, 5.74) is 6.93. The number of hydrogen-bond acceptors (Lipinski definition) is 7. The topological polar surface area (TPSA) is 95.4 Å². The van der Waals surface area contributed by atoms with Crippen LogP contribution < -0.4 is 5.73 Å². The smallest absolute Gasteiger partial charge is 0.216 e. The molecule has 18 heavy (non-hydrogen) atoms. The van der Waals surface area contributed by atoms with E-state index in [9.17, 15) is 0 Å². The molecule has 1 atom stereocenters. The van der Waals surface area contributed by atoms with E-state index in [4.69, 9.17) is 5.73 Å². The number of hydrogen-bond donors (Lipinski definition) is 1. The molecule has 1 unspecified atom stereocenters. The van der Waals surface area contributed by atoms with Gasteiger partial charge in [0.05, 0.1) is 0 Å². The maximum Gasteiger partial charge on any atom is 0.216 e. The summed E-state index contributed by atoms with van der Waals surface area (Å²) < 4.78 is 1.58. The quantitative estimate of drug-likeness (QED) is 0.783. The number of nitrogens with zero attached hydrogens (tertiary/aromatic N) is 6. The maximum absolute atomic E-state index is 5.88. The van der Waals surface area contributed by atoms with E-state index in [1.165, 1.54) is 11.8 Å². The summed E-state index contributed by atoms with van der Waals surface area (Å²) in [5.74, 6) is 0. The minimum absolute atomic E-state index is 0.162. The van der Waals surface area contributed by atoms with Gasteiger partial charge in [0.2, 0.25) is 5.16 Å². The molecule has 0 bridgehead atoms. The standard InChI is InChI=1S/C10H15N7S/c1-3-8(11)4-7-5-12-9(13-6-7)18-10-14-15-16-17(10)2/h5-6,8H,3-4,11H2,1-2H3. The van der Waals surface area contributed by atoms with E-state index in [2.05, 4.69) is 32.4 Å². The second-order valence-corrected chi connectivity index (χ2v) is 4.87. The molecular weight excluding hydrogens is 250 g/mol. The van der Waals surface area contributed by atoms with Crippen molar-refractivity contribution >= 4 is 11.8 Å². The fourth-order valence-corrected chi connectivity index (χ4v) is 1.96. The molecule has 0 radical (unpaired) electrons. The van der Waals surface area contributed by atoms with Crippen molar-refractivity contribution in [3.63, 3.8) is 0 Å². The molecule has 0 fully saturated rings. The molecule has 2 heterocycles. The van der Waals surface area contributed by atoms with Crippen molar-refractivity contribution in [2.75, 3.05) is 0 Å². The zero-order chi connectivity index (χ0) is 13.0. The Kier molecular flexibility index (Phi) is 4.21. The first kappa shape index (κ1) is 12.9. The molecule has 7 nitrogen and oxygen atoms in total. The molecule has 0 aliphatic heterocycles. The lowest BCUT2D eigenvalue weighted by Crippen LogP contribution is -2.21. The Labute approximate surface area is 109 Å². The van der Waals surface area contributed by atoms with Gasteiger partial charge in [-0.2, -0.15) is 0 Å². The summed E-state index contributed by atoms with van der Waals surface area (Å²) >= 11 is 1.33. The van der Waals surface area contributed by atoms with E-state index >= 15 is 0 Å². The number of tetrazole rings is 1. The molecule has 2 rings (SSSR count). The number of rotatable bonds is 5. The van der Waals surface area contributed by atoms with Crippen molar-refractivity contribution in [2.45, 2.75) is 36.1 Å².